The monoisotopic (exact) mass is 557 g/mol. The second-order valence-corrected chi connectivity index (χ2v) is 16.8. The van der Waals surface area contributed by atoms with Crippen molar-refractivity contribution in [3.8, 4) is 5.75 Å². The van der Waals surface area contributed by atoms with Gasteiger partial charge in [-0.2, -0.15) is 0 Å². The summed E-state index contributed by atoms with van der Waals surface area (Å²) >= 11 is 0. The van der Waals surface area contributed by atoms with E-state index in [0.29, 0.717) is 25.3 Å². The molecule has 0 radical (unpaired) electrons. The third kappa shape index (κ3) is 5.90. The fourth-order valence-corrected chi connectivity index (χ4v) is 11.2. The zero-order valence-corrected chi connectivity index (χ0v) is 25.3. The zero-order chi connectivity index (χ0) is 28.3. The summed E-state index contributed by atoms with van der Waals surface area (Å²) in [6.45, 7) is 7.69. The second-order valence-electron chi connectivity index (χ2n) is 12.1. The maximum absolute atomic E-state index is 14.0. The molecule has 3 aromatic rings. The van der Waals surface area contributed by atoms with Crippen LogP contribution in [-0.4, -0.2) is 56.0 Å². The summed E-state index contributed by atoms with van der Waals surface area (Å²) in [7, 11) is -0.362. The maximum Gasteiger partial charge on any atom is 0.225 e. The number of aliphatic hydroxyl groups is 1. The average molecular weight is 558 g/mol. The minimum absolute atomic E-state index is 0.0305. The highest BCUT2D eigenvalue weighted by Gasteiger charge is 2.51. The fraction of sp³-hybridized carbons (Fsp3) is 0.441. The molecule has 1 amide bonds. The van der Waals surface area contributed by atoms with Crippen molar-refractivity contribution >= 4 is 19.2 Å². The van der Waals surface area contributed by atoms with Crippen molar-refractivity contribution < 1.29 is 19.4 Å². The molecule has 5 rings (SSSR count). The Hall–Kier alpha value is -2.93. The maximum atomic E-state index is 14.0. The summed E-state index contributed by atoms with van der Waals surface area (Å²) in [5.74, 6) is 1.28. The largest absolute Gasteiger partial charge is 0.497 e. The first kappa shape index (κ1) is 28.6. The van der Waals surface area contributed by atoms with E-state index >= 15 is 0 Å². The van der Waals surface area contributed by atoms with Gasteiger partial charge in [0.1, 0.15) is 5.75 Å². The van der Waals surface area contributed by atoms with E-state index < -0.39 is 8.07 Å². The normalized spacial score (nSPS) is 24.5. The predicted molar refractivity (Wildman–Crippen MR) is 163 cm³/mol. The van der Waals surface area contributed by atoms with Crippen LogP contribution in [0.5, 0.6) is 5.75 Å². The van der Waals surface area contributed by atoms with Crippen LogP contribution in [0.15, 0.2) is 78.9 Å². The molecule has 40 heavy (non-hydrogen) atoms. The van der Waals surface area contributed by atoms with Crippen LogP contribution in [-0.2, 0) is 28.9 Å². The molecule has 0 aliphatic carbocycles. The molecular weight excluding hydrogens is 514 g/mol. The number of rotatable bonds is 9. The number of aliphatic hydroxyl groups excluding tert-OH is 1. The van der Waals surface area contributed by atoms with Gasteiger partial charge in [-0.25, -0.2) is 0 Å². The Morgan fingerprint density at radius 3 is 2.33 bits per heavy atom. The summed E-state index contributed by atoms with van der Waals surface area (Å²) < 4.78 is 12.3. The lowest BCUT2D eigenvalue weighted by molar-refractivity contribution is -0.138. The van der Waals surface area contributed by atoms with Crippen molar-refractivity contribution in [2.75, 3.05) is 13.7 Å². The van der Waals surface area contributed by atoms with E-state index in [-0.39, 0.29) is 36.3 Å². The Kier molecular flexibility index (Phi) is 8.79. The molecule has 2 aliphatic rings. The summed E-state index contributed by atoms with van der Waals surface area (Å²) in [5.41, 5.74) is 4.00. The van der Waals surface area contributed by atoms with Gasteiger partial charge in [-0.3, -0.25) is 4.79 Å². The number of hydrogen-bond donors (Lipinski definition) is 1. The summed E-state index contributed by atoms with van der Waals surface area (Å²) in [6.07, 6.45) is 2.89. The fourth-order valence-electron chi connectivity index (χ4n) is 7.13. The Labute approximate surface area is 240 Å². The van der Waals surface area contributed by atoms with E-state index in [1.54, 1.807) is 7.11 Å². The number of benzene rings is 3. The van der Waals surface area contributed by atoms with Crippen LogP contribution in [0, 0.1) is 5.92 Å². The van der Waals surface area contributed by atoms with Gasteiger partial charge >= 0.3 is 0 Å². The van der Waals surface area contributed by atoms with Gasteiger partial charge in [-0.1, -0.05) is 91.9 Å². The summed E-state index contributed by atoms with van der Waals surface area (Å²) in [4.78, 5) is 15.8. The lowest BCUT2D eigenvalue weighted by atomic mass is 9.93. The van der Waals surface area contributed by atoms with Crippen molar-refractivity contribution in [1.29, 1.82) is 0 Å². The minimum atomic E-state index is -2.06. The second kappa shape index (κ2) is 12.3. The molecule has 2 aliphatic heterocycles. The first-order valence-electron chi connectivity index (χ1n) is 14.6. The van der Waals surface area contributed by atoms with Gasteiger partial charge in [-0.15, -0.1) is 0 Å². The van der Waals surface area contributed by atoms with Gasteiger partial charge in [0.05, 0.1) is 46.5 Å². The molecule has 0 spiro atoms. The SMILES string of the molecule is COc1ccc([Si](C)(C)[C@@H]2[C@@H](C)[C@@H](CCc3ccccc3)O[C@H]2CC(=O)N2Cc3ccccc3C[C@H]2CO)cc1. The van der Waals surface area contributed by atoms with Crippen LogP contribution in [0.4, 0.5) is 0 Å². The molecule has 0 bridgehead atoms. The number of carbonyl (C=O) groups excluding carboxylic acids is 1. The summed E-state index contributed by atoms with van der Waals surface area (Å²) in [6, 6.07) is 27.2. The standard InChI is InChI=1S/C34H43NO4Si/c1-24-31(19-14-25-10-6-5-7-11-25)39-32(34(24)40(3,4)30-17-15-29(38-2)16-18-30)21-33(37)35-22-27-13-9-8-12-26(27)20-28(35)23-36/h5-13,15-18,24,28,31-32,34,36H,14,19-23H2,1-4H3/t24-,28-,31+,32-,34+/m0/s1. The first-order valence-corrected chi connectivity index (χ1v) is 17.7. The van der Waals surface area contributed by atoms with Crippen LogP contribution in [0.25, 0.3) is 0 Å². The predicted octanol–water partition coefficient (Wildman–Crippen LogP) is 5.35. The number of aryl methyl sites for hydroxylation is 1. The smallest absolute Gasteiger partial charge is 0.225 e. The topological polar surface area (TPSA) is 59.0 Å². The molecule has 6 heteroatoms. The molecule has 5 atom stereocenters. The quantitative estimate of drug-likeness (QED) is 0.360. The van der Waals surface area contributed by atoms with Crippen molar-refractivity contribution in [3.05, 3.63) is 95.6 Å². The Bertz CT molecular complexity index is 1280. The van der Waals surface area contributed by atoms with E-state index in [9.17, 15) is 9.90 Å². The average Bonchev–Trinajstić information content (AvgIpc) is 3.30. The highest BCUT2D eigenvalue weighted by molar-refractivity contribution is 6.91. The van der Waals surface area contributed by atoms with Crippen LogP contribution in [0.2, 0.25) is 18.6 Å². The van der Waals surface area contributed by atoms with Crippen LogP contribution in [0.1, 0.15) is 36.5 Å². The zero-order valence-electron chi connectivity index (χ0n) is 24.3. The molecule has 0 saturated carbocycles. The van der Waals surface area contributed by atoms with Crippen molar-refractivity contribution in [2.24, 2.45) is 5.92 Å². The number of nitrogens with zero attached hydrogens (tertiary/aromatic N) is 1. The van der Waals surface area contributed by atoms with Crippen LogP contribution in [0.3, 0.4) is 0 Å². The van der Waals surface area contributed by atoms with E-state index in [1.165, 1.54) is 21.9 Å². The van der Waals surface area contributed by atoms with Gasteiger partial charge in [0.2, 0.25) is 5.91 Å². The molecule has 1 N–H and O–H groups in total. The van der Waals surface area contributed by atoms with E-state index in [0.717, 1.165) is 18.6 Å². The van der Waals surface area contributed by atoms with Gasteiger partial charge in [0.25, 0.3) is 0 Å². The van der Waals surface area contributed by atoms with E-state index in [1.807, 2.05) is 17.0 Å². The number of ether oxygens (including phenoxy) is 2. The lowest BCUT2D eigenvalue weighted by Crippen LogP contribution is -2.52. The highest BCUT2D eigenvalue weighted by atomic mass is 28.3. The Morgan fingerprint density at radius 1 is 0.975 bits per heavy atom. The Morgan fingerprint density at radius 2 is 1.65 bits per heavy atom. The van der Waals surface area contributed by atoms with Gasteiger partial charge in [0, 0.05) is 6.54 Å². The molecule has 1 fully saturated rings. The number of methoxy groups -OCH3 is 1. The third-order valence-electron chi connectivity index (χ3n) is 9.39. The molecular formula is C34H43NO4Si. The lowest BCUT2D eigenvalue weighted by Gasteiger charge is -2.39. The third-order valence-corrected chi connectivity index (χ3v) is 13.8. The van der Waals surface area contributed by atoms with Crippen molar-refractivity contribution in [3.63, 3.8) is 0 Å². The molecule has 0 aromatic heterocycles. The number of carbonyl (C=O) groups is 1. The van der Waals surface area contributed by atoms with Crippen molar-refractivity contribution in [1.82, 2.24) is 4.90 Å². The van der Waals surface area contributed by atoms with Gasteiger partial charge in [-0.05, 0) is 59.5 Å². The van der Waals surface area contributed by atoms with Crippen LogP contribution < -0.4 is 9.92 Å². The van der Waals surface area contributed by atoms with Crippen LogP contribution >= 0.6 is 0 Å². The molecule has 3 aromatic carbocycles. The molecule has 5 nitrogen and oxygen atoms in total. The van der Waals surface area contributed by atoms with E-state index in [4.69, 9.17) is 9.47 Å². The minimum Gasteiger partial charge on any atom is -0.497 e. The number of hydrogen-bond acceptors (Lipinski definition) is 4. The van der Waals surface area contributed by atoms with Gasteiger partial charge in [0.15, 0.2) is 0 Å². The number of amides is 1. The van der Waals surface area contributed by atoms with E-state index in [2.05, 4.69) is 86.7 Å². The first-order chi connectivity index (χ1) is 19.3. The molecule has 1 saturated heterocycles. The van der Waals surface area contributed by atoms with Crippen molar-refractivity contribution in [2.45, 2.75) is 76.0 Å². The highest BCUT2D eigenvalue weighted by Crippen LogP contribution is 2.46. The molecule has 0 unspecified atom stereocenters. The number of fused-ring (bicyclic) bond motifs is 1. The molecule has 212 valence electrons. The molecule has 2 heterocycles. The Balaban J connectivity index is 1.39. The van der Waals surface area contributed by atoms with Gasteiger partial charge < -0.3 is 19.5 Å². The summed E-state index contributed by atoms with van der Waals surface area (Å²) in [5, 5.41) is 11.6.